The molecule has 1 N–H and O–H groups in total. The molecule has 182 valence electrons. The second-order valence-corrected chi connectivity index (χ2v) is 10.4. The normalized spacial score (nSPS) is 16.0. The maximum absolute atomic E-state index is 12.0. The molecule has 10 heteroatoms. The monoisotopic (exact) mass is 484 g/mol. The summed E-state index contributed by atoms with van der Waals surface area (Å²) in [6.45, 7) is 9.78. The van der Waals surface area contributed by atoms with Crippen molar-refractivity contribution in [3.8, 4) is 5.75 Å². The summed E-state index contributed by atoms with van der Waals surface area (Å²) in [5.74, 6) is 1.56. The molecule has 4 rings (SSSR count). The fourth-order valence-electron chi connectivity index (χ4n) is 4.85. The summed E-state index contributed by atoms with van der Waals surface area (Å²) in [6.07, 6.45) is 2.29. The highest BCUT2D eigenvalue weighted by Gasteiger charge is 2.44. The molecule has 1 aliphatic rings. The zero-order chi connectivity index (χ0) is 24.7. The third kappa shape index (κ3) is 4.64. The largest absolute Gasteiger partial charge is 0.497 e. The number of nitrogens with zero attached hydrogens (tertiary/aromatic N) is 6. The standard InChI is InChI=1S/C24H32N6O3S/c1-23(2,3)30(22(31)32)24(4)10-12-28(13-11-24)18-14-25-19-20(26-18)29(27-21(19)34)15-16-6-8-17(33-5)9-7-16/h6-9,14H,10-13,15H2,1-5H3,(H,27,34)(H,31,32). The van der Waals surface area contributed by atoms with Gasteiger partial charge >= 0.3 is 6.09 Å². The summed E-state index contributed by atoms with van der Waals surface area (Å²) in [5, 5.41) is 15.0. The fourth-order valence-corrected chi connectivity index (χ4v) is 5.12. The maximum Gasteiger partial charge on any atom is 0.408 e. The molecule has 1 aliphatic heterocycles. The van der Waals surface area contributed by atoms with Gasteiger partial charge in [-0.3, -0.25) is 4.90 Å². The van der Waals surface area contributed by atoms with E-state index in [0.29, 0.717) is 48.7 Å². The molecular formula is C24H32N6O3S. The van der Waals surface area contributed by atoms with Gasteiger partial charge in [-0.05, 0) is 58.2 Å². The second kappa shape index (κ2) is 8.98. The molecule has 3 heterocycles. The third-order valence-corrected chi connectivity index (χ3v) is 6.77. The van der Waals surface area contributed by atoms with Crippen molar-refractivity contribution in [2.45, 2.75) is 63.2 Å². The molecule has 3 aromatic rings. The van der Waals surface area contributed by atoms with E-state index in [1.807, 2.05) is 56.6 Å². The molecule has 1 fully saturated rings. The van der Waals surface area contributed by atoms with E-state index in [4.69, 9.17) is 9.72 Å². The first kappa shape index (κ1) is 24.1. The molecule has 1 saturated heterocycles. The van der Waals surface area contributed by atoms with Crippen molar-refractivity contribution >= 4 is 35.7 Å². The van der Waals surface area contributed by atoms with Crippen molar-refractivity contribution in [1.29, 1.82) is 0 Å². The highest BCUT2D eigenvalue weighted by Crippen LogP contribution is 2.35. The van der Waals surface area contributed by atoms with Crippen molar-refractivity contribution in [3.05, 3.63) is 36.0 Å². The molecule has 9 nitrogen and oxygen atoms in total. The summed E-state index contributed by atoms with van der Waals surface area (Å²) in [5.41, 5.74) is 1.49. The van der Waals surface area contributed by atoms with E-state index in [2.05, 4.69) is 27.6 Å². The number of carboxylic acid groups (broad SMARTS) is 1. The van der Waals surface area contributed by atoms with Crippen LogP contribution in [0.5, 0.6) is 5.75 Å². The van der Waals surface area contributed by atoms with Crippen molar-refractivity contribution in [2.75, 3.05) is 25.1 Å². The number of rotatable bonds is 5. The fraction of sp³-hybridized carbons (Fsp3) is 0.500. The van der Waals surface area contributed by atoms with Gasteiger partial charge in [0.05, 0.1) is 19.9 Å². The van der Waals surface area contributed by atoms with Crippen LogP contribution in [0.25, 0.3) is 11.2 Å². The smallest absolute Gasteiger partial charge is 0.408 e. The van der Waals surface area contributed by atoms with E-state index >= 15 is 0 Å². The number of methoxy groups -OCH3 is 1. The predicted octanol–water partition coefficient (Wildman–Crippen LogP) is 4.31. The predicted molar refractivity (Wildman–Crippen MR) is 134 cm³/mol. The first-order chi connectivity index (χ1) is 16.0. The van der Waals surface area contributed by atoms with Gasteiger partial charge in [-0.2, -0.15) is 5.10 Å². The van der Waals surface area contributed by atoms with E-state index in [1.165, 1.54) is 0 Å². The molecule has 2 aromatic heterocycles. The number of aromatic nitrogens is 4. The Bertz CT molecular complexity index is 1180. The molecule has 0 radical (unpaired) electrons. The van der Waals surface area contributed by atoms with Crippen LogP contribution >= 0.6 is 12.6 Å². The SMILES string of the molecule is COc1ccc(Cn2nc(S)c3ncc(N4CCC(C)(N(C(=O)O)C(C)(C)C)CC4)nc32)cc1. The summed E-state index contributed by atoms with van der Waals surface area (Å²) in [6, 6.07) is 7.83. The van der Waals surface area contributed by atoms with Crippen molar-refractivity contribution in [2.24, 2.45) is 0 Å². The van der Waals surface area contributed by atoms with E-state index in [0.717, 1.165) is 17.1 Å². The van der Waals surface area contributed by atoms with Crippen LogP contribution < -0.4 is 9.64 Å². The van der Waals surface area contributed by atoms with E-state index in [-0.39, 0.29) is 0 Å². The molecule has 1 aromatic carbocycles. The third-order valence-electron chi connectivity index (χ3n) is 6.47. The molecular weight excluding hydrogens is 452 g/mol. The lowest BCUT2D eigenvalue weighted by molar-refractivity contribution is 0.0118. The van der Waals surface area contributed by atoms with E-state index < -0.39 is 17.2 Å². The van der Waals surface area contributed by atoms with Crippen LogP contribution in [0.15, 0.2) is 35.5 Å². The number of anilines is 1. The topological polar surface area (TPSA) is 96.6 Å². The first-order valence-electron chi connectivity index (χ1n) is 11.4. The van der Waals surface area contributed by atoms with Gasteiger partial charge in [-0.15, -0.1) is 12.6 Å². The summed E-state index contributed by atoms with van der Waals surface area (Å²) in [4.78, 5) is 25.3. The van der Waals surface area contributed by atoms with Gasteiger partial charge in [0.15, 0.2) is 5.65 Å². The van der Waals surface area contributed by atoms with Gasteiger partial charge < -0.3 is 14.7 Å². The zero-order valence-corrected chi connectivity index (χ0v) is 21.2. The van der Waals surface area contributed by atoms with Gasteiger partial charge in [-0.1, -0.05) is 12.1 Å². The number of amides is 1. The van der Waals surface area contributed by atoms with Crippen LogP contribution in [0.2, 0.25) is 0 Å². The van der Waals surface area contributed by atoms with E-state index in [1.54, 1.807) is 18.2 Å². The average molecular weight is 485 g/mol. The molecule has 0 bridgehead atoms. The van der Waals surface area contributed by atoms with Crippen molar-refractivity contribution < 1.29 is 14.6 Å². The summed E-state index contributed by atoms with van der Waals surface area (Å²) in [7, 11) is 1.64. The Morgan fingerprint density at radius 3 is 2.44 bits per heavy atom. The lowest BCUT2D eigenvalue weighted by Gasteiger charge is -2.51. The van der Waals surface area contributed by atoms with Gasteiger partial charge in [0.1, 0.15) is 22.1 Å². The van der Waals surface area contributed by atoms with Gasteiger partial charge in [0.25, 0.3) is 0 Å². The van der Waals surface area contributed by atoms with E-state index in [9.17, 15) is 9.90 Å². The van der Waals surface area contributed by atoms with Crippen LogP contribution in [0.3, 0.4) is 0 Å². The maximum atomic E-state index is 12.0. The van der Waals surface area contributed by atoms with Crippen molar-refractivity contribution in [1.82, 2.24) is 24.6 Å². The van der Waals surface area contributed by atoms with Gasteiger partial charge in [0, 0.05) is 24.2 Å². The van der Waals surface area contributed by atoms with Gasteiger partial charge in [0.2, 0.25) is 0 Å². The Labute approximate surface area is 205 Å². The molecule has 34 heavy (non-hydrogen) atoms. The molecule has 0 unspecified atom stereocenters. The molecule has 0 aliphatic carbocycles. The average Bonchev–Trinajstić information content (AvgIpc) is 3.08. The van der Waals surface area contributed by atoms with Crippen LogP contribution in [-0.4, -0.2) is 67.1 Å². The van der Waals surface area contributed by atoms with Crippen LogP contribution in [0.4, 0.5) is 10.6 Å². The Kier molecular flexibility index (Phi) is 6.37. The first-order valence-corrected chi connectivity index (χ1v) is 11.8. The minimum absolute atomic E-state index is 0.438. The van der Waals surface area contributed by atoms with Crippen LogP contribution in [0, 0.1) is 0 Å². The molecule has 1 amide bonds. The summed E-state index contributed by atoms with van der Waals surface area (Å²) < 4.78 is 7.05. The molecule has 0 saturated carbocycles. The minimum atomic E-state index is -0.881. The Morgan fingerprint density at radius 2 is 1.88 bits per heavy atom. The number of hydrogen-bond acceptors (Lipinski definition) is 7. The number of benzene rings is 1. The number of piperidine rings is 1. The quantitative estimate of drug-likeness (QED) is 0.521. The van der Waals surface area contributed by atoms with Crippen molar-refractivity contribution in [3.63, 3.8) is 0 Å². The highest BCUT2D eigenvalue weighted by molar-refractivity contribution is 7.80. The second-order valence-electron chi connectivity index (χ2n) is 10.0. The van der Waals surface area contributed by atoms with Crippen LogP contribution in [-0.2, 0) is 6.54 Å². The molecule has 0 spiro atoms. The Hall–Kier alpha value is -3.01. The number of hydrogen-bond donors (Lipinski definition) is 2. The van der Waals surface area contributed by atoms with Crippen LogP contribution in [0.1, 0.15) is 46.1 Å². The Balaban J connectivity index is 1.56. The van der Waals surface area contributed by atoms with Gasteiger partial charge in [-0.25, -0.2) is 19.4 Å². The Morgan fingerprint density at radius 1 is 1.24 bits per heavy atom. The number of ether oxygens (including phenoxy) is 1. The highest BCUT2D eigenvalue weighted by atomic mass is 32.1. The number of thiol groups is 1. The lowest BCUT2D eigenvalue weighted by Crippen LogP contribution is -2.61. The zero-order valence-electron chi connectivity index (χ0n) is 20.3. The number of carbonyl (C=O) groups is 1. The minimum Gasteiger partial charge on any atom is -0.497 e. The molecule has 0 atom stereocenters. The number of fused-ring (bicyclic) bond motifs is 1. The summed E-state index contributed by atoms with van der Waals surface area (Å²) >= 11 is 4.49. The lowest BCUT2D eigenvalue weighted by atomic mass is 9.84.